The Morgan fingerprint density at radius 3 is 2.80 bits per heavy atom. The van der Waals surface area contributed by atoms with Crippen molar-refractivity contribution in [3.05, 3.63) is 47.4 Å². The SMILES string of the molecule is COc1cc(Nc2nccc(C)c2C(N)=S)ccc1F. The molecule has 0 saturated carbocycles. The number of hydrogen-bond acceptors (Lipinski definition) is 4. The highest BCUT2D eigenvalue weighted by Crippen LogP contribution is 2.26. The normalized spacial score (nSPS) is 10.2. The molecule has 20 heavy (non-hydrogen) atoms. The van der Waals surface area contributed by atoms with Gasteiger partial charge in [0.05, 0.1) is 12.7 Å². The standard InChI is InChI=1S/C14H14FN3OS/c1-8-5-6-17-14(12(8)13(16)20)18-9-3-4-10(15)11(7-9)19-2/h3-7H,1-2H3,(H2,16,20)(H,17,18). The van der Waals surface area contributed by atoms with Crippen molar-refractivity contribution in [3.8, 4) is 5.75 Å². The van der Waals surface area contributed by atoms with Crippen LogP contribution in [0.25, 0.3) is 0 Å². The second kappa shape index (κ2) is 5.83. The van der Waals surface area contributed by atoms with Gasteiger partial charge in [-0.05, 0) is 30.7 Å². The number of nitrogens with zero attached hydrogens (tertiary/aromatic N) is 1. The molecule has 6 heteroatoms. The summed E-state index contributed by atoms with van der Waals surface area (Å²) >= 11 is 5.04. The van der Waals surface area contributed by atoms with Gasteiger partial charge in [-0.25, -0.2) is 9.37 Å². The van der Waals surface area contributed by atoms with Gasteiger partial charge in [0.2, 0.25) is 0 Å². The summed E-state index contributed by atoms with van der Waals surface area (Å²) in [6.45, 7) is 1.90. The minimum absolute atomic E-state index is 0.152. The van der Waals surface area contributed by atoms with Crippen molar-refractivity contribution in [2.75, 3.05) is 12.4 Å². The molecule has 2 rings (SSSR count). The van der Waals surface area contributed by atoms with Crippen LogP contribution in [-0.4, -0.2) is 17.1 Å². The van der Waals surface area contributed by atoms with E-state index in [1.54, 1.807) is 18.3 Å². The van der Waals surface area contributed by atoms with Gasteiger partial charge in [0.1, 0.15) is 10.8 Å². The van der Waals surface area contributed by atoms with Crippen LogP contribution in [0.15, 0.2) is 30.5 Å². The highest BCUT2D eigenvalue weighted by molar-refractivity contribution is 7.80. The van der Waals surface area contributed by atoms with Gasteiger partial charge in [-0.2, -0.15) is 0 Å². The lowest BCUT2D eigenvalue weighted by Crippen LogP contribution is -2.14. The molecule has 1 aromatic heterocycles. The largest absolute Gasteiger partial charge is 0.494 e. The molecule has 0 fully saturated rings. The molecule has 4 nitrogen and oxygen atoms in total. The van der Waals surface area contributed by atoms with E-state index in [0.29, 0.717) is 17.1 Å². The molecule has 0 aliphatic carbocycles. The number of pyridine rings is 1. The first-order valence-corrected chi connectivity index (χ1v) is 6.29. The van der Waals surface area contributed by atoms with Gasteiger partial charge in [-0.3, -0.25) is 0 Å². The van der Waals surface area contributed by atoms with E-state index in [1.807, 2.05) is 13.0 Å². The first-order valence-electron chi connectivity index (χ1n) is 5.89. The Balaban J connectivity index is 2.40. The highest BCUT2D eigenvalue weighted by Gasteiger charge is 2.11. The molecule has 0 aliphatic rings. The molecule has 0 atom stereocenters. The Kier molecular flexibility index (Phi) is 4.14. The van der Waals surface area contributed by atoms with Crippen LogP contribution < -0.4 is 15.8 Å². The summed E-state index contributed by atoms with van der Waals surface area (Å²) < 4.78 is 18.3. The predicted molar refractivity (Wildman–Crippen MR) is 81.1 cm³/mol. The minimum Gasteiger partial charge on any atom is -0.494 e. The number of ether oxygens (including phenoxy) is 1. The highest BCUT2D eigenvalue weighted by atomic mass is 32.1. The Morgan fingerprint density at radius 1 is 1.40 bits per heavy atom. The quantitative estimate of drug-likeness (QED) is 0.848. The fourth-order valence-corrected chi connectivity index (χ4v) is 2.10. The molecule has 2 aromatic rings. The number of aromatic nitrogens is 1. The summed E-state index contributed by atoms with van der Waals surface area (Å²) in [5.41, 5.74) is 7.95. The zero-order chi connectivity index (χ0) is 14.7. The van der Waals surface area contributed by atoms with Crippen LogP contribution in [0, 0.1) is 12.7 Å². The number of nitrogens with two attached hydrogens (primary N) is 1. The van der Waals surface area contributed by atoms with Crippen molar-refractivity contribution in [2.45, 2.75) is 6.92 Å². The van der Waals surface area contributed by atoms with E-state index in [2.05, 4.69) is 10.3 Å². The summed E-state index contributed by atoms with van der Waals surface area (Å²) in [6, 6.07) is 6.27. The van der Waals surface area contributed by atoms with Gasteiger partial charge in [-0.1, -0.05) is 12.2 Å². The Morgan fingerprint density at radius 2 is 2.15 bits per heavy atom. The second-order valence-corrected chi connectivity index (χ2v) is 4.63. The lowest BCUT2D eigenvalue weighted by Gasteiger charge is -2.13. The third-order valence-electron chi connectivity index (χ3n) is 2.82. The predicted octanol–water partition coefficient (Wildman–Crippen LogP) is 2.92. The fraction of sp³-hybridized carbons (Fsp3) is 0.143. The Hall–Kier alpha value is -2.21. The van der Waals surface area contributed by atoms with Gasteiger partial charge in [0.25, 0.3) is 0 Å². The molecule has 1 heterocycles. The van der Waals surface area contributed by atoms with Crippen molar-refractivity contribution in [2.24, 2.45) is 5.73 Å². The Labute approximate surface area is 121 Å². The van der Waals surface area contributed by atoms with E-state index in [9.17, 15) is 4.39 Å². The summed E-state index contributed by atoms with van der Waals surface area (Å²) in [5, 5.41) is 3.07. The second-order valence-electron chi connectivity index (χ2n) is 4.19. The molecule has 0 unspecified atom stereocenters. The summed E-state index contributed by atoms with van der Waals surface area (Å²) in [7, 11) is 1.41. The molecule has 0 radical (unpaired) electrons. The van der Waals surface area contributed by atoms with Crippen LogP contribution in [0.3, 0.4) is 0 Å². The summed E-state index contributed by atoms with van der Waals surface area (Å²) in [5.74, 6) is 0.260. The van der Waals surface area contributed by atoms with E-state index in [0.717, 1.165) is 5.56 Å². The van der Waals surface area contributed by atoms with E-state index in [-0.39, 0.29) is 10.7 Å². The molecule has 0 saturated heterocycles. The average molecular weight is 291 g/mol. The first-order chi connectivity index (χ1) is 9.52. The summed E-state index contributed by atoms with van der Waals surface area (Å²) in [4.78, 5) is 4.48. The van der Waals surface area contributed by atoms with E-state index < -0.39 is 5.82 Å². The number of rotatable bonds is 4. The van der Waals surface area contributed by atoms with Crippen molar-refractivity contribution in [1.29, 1.82) is 0 Å². The number of thiocarbonyl (C=S) groups is 1. The minimum atomic E-state index is -0.426. The van der Waals surface area contributed by atoms with Gasteiger partial charge < -0.3 is 15.8 Å². The zero-order valence-corrected chi connectivity index (χ0v) is 11.9. The van der Waals surface area contributed by atoms with Crippen LogP contribution >= 0.6 is 12.2 Å². The molecule has 0 amide bonds. The molecule has 104 valence electrons. The average Bonchev–Trinajstić information content (AvgIpc) is 2.40. The number of methoxy groups -OCH3 is 1. The third kappa shape index (κ3) is 2.85. The van der Waals surface area contributed by atoms with Crippen molar-refractivity contribution >= 4 is 28.7 Å². The van der Waals surface area contributed by atoms with Gasteiger partial charge in [0.15, 0.2) is 11.6 Å². The van der Waals surface area contributed by atoms with E-state index in [4.69, 9.17) is 22.7 Å². The lowest BCUT2D eigenvalue weighted by atomic mass is 10.1. The molecule has 0 spiro atoms. The van der Waals surface area contributed by atoms with Crippen molar-refractivity contribution in [1.82, 2.24) is 4.98 Å². The molecule has 0 aliphatic heterocycles. The van der Waals surface area contributed by atoms with Crippen molar-refractivity contribution < 1.29 is 9.13 Å². The van der Waals surface area contributed by atoms with Crippen LogP contribution in [0.1, 0.15) is 11.1 Å². The fourth-order valence-electron chi connectivity index (χ4n) is 1.84. The van der Waals surface area contributed by atoms with Crippen molar-refractivity contribution in [3.63, 3.8) is 0 Å². The number of nitrogens with one attached hydrogen (secondary N) is 1. The lowest BCUT2D eigenvalue weighted by molar-refractivity contribution is 0.387. The van der Waals surface area contributed by atoms with Gasteiger partial charge in [0, 0.05) is 18.0 Å². The smallest absolute Gasteiger partial charge is 0.165 e. The first kappa shape index (κ1) is 14.2. The molecule has 0 bridgehead atoms. The van der Waals surface area contributed by atoms with Gasteiger partial charge in [-0.15, -0.1) is 0 Å². The van der Waals surface area contributed by atoms with Crippen LogP contribution in [0.5, 0.6) is 5.75 Å². The maximum atomic E-state index is 13.4. The molecular formula is C14H14FN3OS. The number of halogens is 1. The zero-order valence-electron chi connectivity index (χ0n) is 11.1. The van der Waals surface area contributed by atoms with E-state index in [1.165, 1.54) is 13.2 Å². The molecular weight excluding hydrogens is 277 g/mol. The number of benzene rings is 1. The number of anilines is 2. The topological polar surface area (TPSA) is 60.2 Å². The molecule has 1 aromatic carbocycles. The van der Waals surface area contributed by atoms with Crippen LogP contribution in [0.2, 0.25) is 0 Å². The van der Waals surface area contributed by atoms with Crippen LogP contribution in [-0.2, 0) is 0 Å². The third-order valence-corrected chi connectivity index (χ3v) is 3.02. The Bertz CT molecular complexity index is 661. The maximum absolute atomic E-state index is 13.4. The summed E-state index contributed by atoms with van der Waals surface area (Å²) in [6.07, 6.45) is 1.65. The molecule has 3 N–H and O–H groups in total. The number of aryl methyl sites for hydroxylation is 1. The van der Waals surface area contributed by atoms with E-state index >= 15 is 0 Å². The monoisotopic (exact) mass is 291 g/mol. The number of hydrogen-bond donors (Lipinski definition) is 2. The van der Waals surface area contributed by atoms with Gasteiger partial charge >= 0.3 is 0 Å². The maximum Gasteiger partial charge on any atom is 0.165 e. The van der Waals surface area contributed by atoms with Crippen LogP contribution in [0.4, 0.5) is 15.9 Å².